The van der Waals surface area contributed by atoms with E-state index in [-0.39, 0.29) is 17.9 Å². The highest BCUT2D eigenvalue weighted by Crippen LogP contribution is 2.33. The molecular weight excluding hydrogens is 406 g/mol. The molecule has 2 aromatic heterocycles. The molecule has 1 fully saturated rings. The van der Waals surface area contributed by atoms with Crippen LogP contribution in [0.1, 0.15) is 47.2 Å². The maximum absolute atomic E-state index is 12.4. The summed E-state index contributed by atoms with van der Waals surface area (Å²) in [4.78, 5) is 16.7. The molecule has 0 saturated carbocycles. The number of rotatable bonds is 6. The molecule has 3 heterocycles. The summed E-state index contributed by atoms with van der Waals surface area (Å²) in [5.74, 6) is 0.139. The number of carbonyl (C=O) groups is 1. The van der Waals surface area contributed by atoms with Crippen LogP contribution in [0.25, 0.3) is 16.9 Å². The second-order valence-corrected chi connectivity index (χ2v) is 7.87. The molecular formula is C24H25N5O3. The second-order valence-electron chi connectivity index (χ2n) is 7.87. The quantitative estimate of drug-likeness (QED) is 0.618. The zero-order valence-electron chi connectivity index (χ0n) is 17.9. The van der Waals surface area contributed by atoms with Crippen molar-refractivity contribution in [1.29, 1.82) is 5.26 Å². The van der Waals surface area contributed by atoms with Gasteiger partial charge in [-0.05, 0) is 68.0 Å². The first-order valence-corrected chi connectivity index (χ1v) is 10.7. The average molecular weight is 431 g/mol. The van der Waals surface area contributed by atoms with E-state index in [0.29, 0.717) is 29.1 Å². The summed E-state index contributed by atoms with van der Waals surface area (Å²) in [6.45, 7) is 3.23. The van der Waals surface area contributed by atoms with E-state index in [0.717, 1.165) is 37.0 Å². The van der Waals surface area contributed by atoms with Gasteiger partial charge in [-0.1, -0.05) is 6.07 Å². The van der Waals surface area contributed by atoms with E-state index in [9.17, 15) is 9.90 Å². The van der Waals surface area contributed by atoms with Gasteiger partial charge in [0.15, 0.2) is 5.82 Å². The summed E-state index contributed by atoms with van der Waals surface area (Å²) < 4.78 is 7.00. The van der Waals surface area contributed by atoms with Crippen molar-refractivity contribution < 1.29 is 14.6 Å². The van der Waals surface area contributed by atoms with Gasteiger partial charge in [-0.2, -0.15) is 15.0 Å². The lowest BCUT2D eigenvalue weighted by molar-refractivity contribution is 0.0117. The number of aromatic hydroxyl groups is 1. The number of nitrogens with zero attached hydrogens (tertiary/aromatic N) is 4. The highest BCUT2D eigenvalue weighted by molar-refractivity contribution is 5.93. The maximum Gasteiger partial charge on any atom is 0.252 e. The fraction of sp³-hybridized carbons (Fsp3) is 0.333. The van der Waals surface area contributed by atoms with Gasteiger partial charge in [-0.25, -0.2) is 4.98 Å². The summed E-state index contributed by atoms with van der Waals surface area (Å²) in [6, 6.07) is 10.6. The van der Waals surface area contributed by atoms with Gasteiger partial charge in [0, 0.05) is 19.3 Å². The standard InChI is InChI=1S/C24H25N5O3/c1-16-12-17(13-25)5-7-20(16)21-15-28-29(24(21)31)22-8-6-18(14-27-22)23(30)26-10-9-19-4-2-3-11-32-19/h5-8,12,14-15,19,31H,2-4,9-11H2,1H3,(H,26,30). The number of amides is 1. The van der Waals surface area contributed by atoms with Crippen LogP contribution in [0.3, 0.4) is 0 Å². The molecule has 8 nitrogen and oxygen atoms in total. The minimum absolute atomic E-state index is 0.0602. The molecule has 1 aliphatic rings. The third-order valence-electron chi connectivity index (χ3n) is 5.64. The third-order valence-corrected chi connectivity index (χ3v) is 5.64. The van der Waals surface area contributed by atoms with Crippen molar-refractivity contribution in [2.24, 2.45) is 0 Å². The predicted octanol–water partition coefficient (Wildman–Crippen LogP) is 3.51. The zero-order chi connectivity index (χ0) is 22.5. The number of nitriles is 1. The van der Waals surface area contributed by atoms with Gasteiger partial charge in [0.2, 0.25) is 5.88 Å². The Balaban J connectivity index is 1.43. The number of hydrogen-bond donors (Lipinski definition) is 2. The summed E-state index contributed by atoms with van der Waals surface area (Å²) in [5, 5.41) is 26.9. The van der Waals surface area contributed by atoms with E-state index >= 15 is 0 Å². The van der Waals surface area contributed by atoms with Crippen LogP contribution < -0.4 is 5.32 Å². The molecule has 1 aromatic carbocycles. The minimum Gasteiger partial charge on any atom is -0.493 e. The Morgan fingerprint density at radius 2 is 2.16 bits per heavy atom. The Hall–Kier alpha value is -3.70. The van der Waals surface area contributed by atoms with Crippen LogP contribution in [-0.4, -0.2) is 45.0 Å². The first-order valence-electron chi connectivity index (χ1n) is 10.7. The molecule has 1 saturated heterocycles. The Kier molecular flexibility index (Phi) is 6.47. The van der Waals surface area contributed by atoms with Gasteiger partial charge < -0.3 is 15.2 Å². The SMILES string of the molecule is Cc1cc(C#N)ccc1-c1cnn(-c2ccc(C(=O)NCCC3CCCCO3)cn2)c1O. The number of ether oxygens (including phenoxy) is 1. The van der Waals surface area contributed by atoms with Crippen molar-refractivity contribution in [3.63, 3.8) is 0 Å². The van der Waals surface area contributed by atoms with Gasteiger partial charge in [0.1, 0.15) is 0 Å². The van der Waals surface area contributed by atoms with Gasteiger partial charge >= 0.3 is 0 Å². The summed E-state index contributed by atoms with van der Waals surface area (Å²) in [5.41, 5.74) is 3.18. The first-order chi connectivity index (χ1) is 15.6. The van der Waals surface area contributed by atoms with Crippen molar-refractivity contribution in [3.05, 3.63) is 59.4 Å². The van der Waals surface area contributed by atoms with E-state index in [4.69, 9.17) is 10.00 Å². The molecule has 0 radical (unpaired) electrons. The van der Waals surface area contributed by atoms with Crippen molar-refractivity contribution in [2.45, 2.75) is 38.7 Å². The number of carbonyl (C=O) groups excluding carboxylic acids is 1. The van der Waals surface area contributed by atoms with Crippen LogP contribution in [0.2, 0.25) is 0 Å². The fourth-order valence-electron chi connectivity index (χ4n) is 3.86. The minimum atomic E-state index is -0.196. The molecule has 1 unspecified atom stereocenters. The number of pyridine rings is 1. The molecule has 3 aromatic rings. The van der Waals surface area contributed by atoms with E-state index in [1.54, 1.807) is 36.5 Å². The zero-order valence-corrected chi connectivity index (χ0v) is 17.9. The molecule has 0 aliphatic carbocycles. The predicted molar refractivity (Wildman–Crippen MR) is 118 cm³/mol. The van der Waals surface area contributed by atoms with E-state index in [1.807, 2.05) is 6.92 Å². The smallest absolute Gasteiger partial charge is 0.252 e. The highest BCUT2D eigenvalue weighted by atomic mass is 16.5. The number of aryl methyl sites for hydroxylation is 1. The Morgan fingerprint density at radius 1 is 1.28 bits per heavy atom. The van der Waals surface area contributed by atoms with Crippen molar-refractivity contribution in [1.82, 2.24) is 20.1 Å². The Bertz CT molecular complexity index is 1140. The van der Waals surface area contributed by atoms with Gasteiger partial charge in [0.25, 0.3) is 5.91 Å². The lowest BCUT2D eigenvalue weighted by Crippen LogP contribution is -2.29. The van der Waals surface area contributed by atoms with Crippen LogP contribution in [-0.2, 0) is 4.74 Å². The monoisotopic (exact) mass is 431 g/mol. The maximum atomic E-state index is 12.4. The molecule has 4 rings (SSSR count). The highest BCUT2D eigenvalue weighted by Gasteiger charge is 2.17. The molecule has 8 heteroatoms. The fourth-order valence-corrected chi connectivity index (χ4v) is 3.86. The average Bonchev–Trinajstić information content (AvgIpc) is 3.20. The summed E-state index contributed by atoms with van der Waals surface area (Å²) in [7, 11) is 0. The molecule has 1 aliphatic heterocycles. The normalized spacial score (nSPS) is 15.8. The van der Waals surface area contributed by atoms with E-state index in [2.05, 4.69) is 21.5 Å². The Morgan fingerprint density at radius 3 is 2.84 bits per heavy atom. The van der Waals surface area contributed by atoms with Gasteiger partial charge in [-0.15, -0.1) is 0 Å². The van der Waals surface area contributed by atoms with Crippen molar-refractivity contribution >= 4 is 5.91 Å². The first kappa shape index (κ1) is 21.5. The number of hydrogen-bond acceptors (Lipinski definition) is 6. The van der Waals surface area contributed by atoms with Gasteiger partial charge in [-0.3, -0.25) is 4.79 Å². The lowest BCUT2D eigenvalue weighted by Gasteiger charge is -2.22. The van der Waals surface area contributed by atoms with Crippen molar-refractivity contribution in [3.8, 4) is 28.9 Å². The third kappa shape index (κ3) is 4.63. The largest absolute Gasteiger partial charge is 0.493 e. The van der Waals surface area contributed by atoms with Gasteiger partial charge in [0.05, 0.1) is 35.1 Å². The summed E-state index contributed by atoms with van der Waals surface area (Å²) >= 11 is 0. The van der Waals surface area contributed by atoms with Crippen LogP contribution in [0, 0.1) is 18.3 Å². The van der Waals surface area contributed by atoms with E-state index in [1.165, 1.54) is 17.3 Å². The molecule has 1 atom stereocenters. The van der Waals surface area contributed by atoms with Crippen LogP contribution >= 0.6 is 0 Å². The molecule has 164 valence electrons. The molecule has 32 heavy (non-hydrogen) atoms. The Labute approximate surface area is 186 Å². The molecule has 0 bridgehead atoms. The topological polar surface area (TPSA) is 113 Å². The summed E-state index contributed by atoms with van der Waals surface area (Å²) in [6.07, 6.45) is 7.38. The van der Waals surface area contributed by atoms with Crippen LogP contribution in [0.5, 0.6) is 5.88 Å². The lowest BCUT2D eigenvalue weighted by atomic mass is 10.0. The van der Waals surface area contributed by atoms with Crippen LogP contribution in [0.4, 0.5) is 0 Å². The second kappa shape index (κ2) is 9.62. The van der Waals surface area contributed by atoms with Crippen LogP contribution in [0.15, 0.2) is 42.7 Å². The van der Waals surface area contributed by atoms with E-state index < -0.39 is 0 Å². The molecule has 0 spiro atoms. The van der Waals surface area contributed by atoms with Crippen molar-refractivity contribution in [2.75, 3.05) is 13.2 Å². The number of benzene rings is 1. The molecule has 2 N–H and O–H groups in total. The number of aromatic nitrogens is 3. The number of nitrogens with one attached hydrogen (secondary N) is 1. The molecule has 1 amide bonds.